The van der Waals surface area contributed by atoms with Gasteiger partial charge in [-0.1, -0.05) is 0 Å². The first-order valence-electron chi connectivity index (χ1n) is 10.3. The van der Waals surface area contributed by atoms with E-state index in [1.165, 1.54) is 19.3 Å². The van der Waals surface area contributed by atoms with Crippen molar-refractivity contribution in [2.45, 2.75) is 44.9 Å². The summed E-state index contributed by atoms with van der Waals surface area (Å²) >= 11 is 0. The minimum absolute atomic E-state index is 0.174. The molecule has 1 aliphatic rings. The summed E-state index contributed by atoms with van der Waals surface area (Å²) in [6.07, 6.45) is 3.63. The number of hydrogen-bond donors (Lipinski definition) is 3. The fourth-order valence-electron chi connectivity index (χ4n) is 3.79. The van der Waals surface area contributed by atoms with E-state index in [9.17, 15) is 8.42 Å². The zero-order chi connectivity index (χ0) is 22.0. The lowest BCUT2D eigenvalue weighted by Crippen LogP contribution is -2.30. The molecular formula is C21H27N7O2S. The molecule has 0 radical (unpaired) electrons. The van der Waals surface area contributed by atoms with Gasteiger partial charge in [0.15, 0.2) is 0 Å². The highest BCUT2D eigenvalue weighted by molar-refractivity contribution is 7.92. The minimum Gasteiger partial charge on any atom is -0.356 e. The van der Waals surface area contributed by atoms with Crippen LogP contribution in [-0.2, 0) is 10.0 Å². The maximum absolute atomic E-state index is 12.7. The molecular weight excluding hydrogens is 414 g/mol. The number of aromatic amines is 1. The van der Waals surface area contributed by atoms with Crippen LogP contribution >= 0.6 is 0 Å². The third-order valence-electron chi connectivity index (χ3n) is 5.24. The summed E-state index contributed by atoms with van der Waals surface area (Å²) in [5.41, 5.74) is 3.07. The van der Waals surface area contributed by atoms with Gasteiger partial charge in [0.05, 0.1) is 11.4 Å². The van der Waals surface area contributed by atoms with Gasteiger partial charge in [0.25, 0.3) is 10.0 Å². The highest BCUT2D eigenvalue weighted by Crippen LogP contribution is 2.24. The van der Waals surface area contributed by atoms with Crippen LogP contribution in [0.4, 0.5) is 23.1 Å². The third kappa shape index (κ3) is 4.79. The SMILES string of the molecule is Cc1cc(N2CCCCC2)nc(Nc2ccc(NS(=O)(=O)c3c(C)n[nH]c3C)cc2)n1. The average Bonchev–Trinajstić information content (AvgIpc) is 3.08. The highest BCUT2D eigenvalue weighted by atomic mass is 32.2. The Morgan fingerprint density at radius 3 is 2.29 bits per heavy atom. The van der Waals surface area contributed by atoms with E-state index in [2.05, 4.69) is 35.1 Å². The van der Waals surface area contributed by atoms with Crippen LogP contribution in [0.5, 0.6) is 0 Å². The Bertz CT molecular complexity index is 1150. The number of anilines is 4. The smallest absolute Gasteiger partial charge is 0.265 e. The van der Waals surface area contributed by atoms with Crippen molar-refractivity contribution in [2.75, 3.05) is 28.0 Å². The van der Waals surface area contributed by atoms with Crippen molar-refractivity contribution in [3.05, 3.63) is 47.4 Å². The van der Waals surface area contributed by atoms with Crippen LogP contribution in [0.25, 0.3) is 0 Å². The Labute approximate surface area is 182 Å². The van der Waals surface area contributed by atoms with Crippen LogP contribution < -0.4 is 14.9 Å². The zero-order valence-corrected chi connectivity index (χ0v) is 18.8. The monoisotopic (exact) mass is 441 g/mol. The number of piperidine rings is 1. The number of rotatable bonds is 6. The molecule has 0 amide bonds. The van der Waals surface area contributed by atoms with E-state index in [0.717, 1.165) is 30.3 Å². The zero-order valence-electron chi connectivity index (χ0n) is 17.9. The minimum atomic E-state index is -3.72. The molecule has 10 heteroatoms. The molecule has 31 heavy (non-hydrogen) atoms. The first-order valence-corrected chi connectivity index (χ1v) is 11.8. The summed E-state index contributed by atoms with van der Waals surface area (Å²) < 4.78 is 28.0. The maximum Gasteiger partial charge on any atom is 0.265 e. The molecule has 1 aliphatic heterocycles. The summed E-state index contributed by atoms with van der Waals surface area (Å²) in [6, 6.07) is 8.99. The Morgan fingerprint density at radius 1 is 0.968 bits per heavy atom. The summed E-state index contributed by atoms with van der Waals surface area (Å²) in [6.45, 7) is 7.32. The number of sulfonamides is 1. The molecule has 0 saturated carbocycles. The van der Waals surface area contributed by atoms with Gasteiger partial charge in [-0.15, -0.1) is 0 Å². The molecule has 1 fully saturated rings. The lowest BCUT2D eigenvalue weighted by Gasteiger charge is -2.28. The van der Waals surface area contributed by atoms with Gasteiger partial charge in [-0.25, -0.2) is 13.4 Å². The van der Waals surface area contributed by atoms with Gasteiger partial charge in [0, 0.05) is 36.2 Å². The molecule has 3 heterocycles. The van der Waals surface area contributed by atoms with Crippen molar-refractivity contribution in [3.8, 4) is 0 Å². The van der Waals surface area contributed by atoms with E-state index in [-0.39, 0.29) is 4.90 Å². The molecule has 0 aliphatic carbocycles. The molecule has 0 atom stereocenters. The van der Waals surface area contributed by atoms with E-state index in [1.807, 2.05) is 13.0 Å². The molecule has 1 aromatic carbocycles. The predicted molar refractivity (Wildman–Crippen MR) is 121 cm³/mol. The van der Waals surface area contributed by atoms with Crippen LogP contribution in [-0.4, -0.2) is 41.7 Å². The Morgan fingerprint density at radius 2 is 1.65 bits per heavy atom. The van der Waals surface area contributed by atoms with Crippen molar-refractivity contribution in [1.29, 1.82) is 0 Å². The summed E-state index contributed by atoms with van der Waals surface area (Å²) in [5.74, 6) is 1.46. The standard InChI is InChI=1S/C21H27N7O2S/c1-14-13-19(28-11-5-4-6-12-28)24-21(22-14)23-17-7-9-18(10-8-17)27-31(29,30)20-15(2)25-26-16(20)3/h7-10,13,27H,4-6,11-12H2,1-3H3,(H,25,26)(H,22,23,24). The van der Waals surface area contributed by atoms with Crippen molar-refractivity contribution in [1.82, 2.24) is 20.2 Å². The lowest BCUT2D eigenvalue weighted by molar-refractivity contribution is 0.573. The van der Waals surface area contributed by atoms with Crippen LogP contribution in [0.3, 0.4) is 0 Å². The van der Waals surface area contributed by atoms with E-state index >= 15 is 0 Å². The first-order chi connectivity index (χ1) is 14.8. The molecule has 164 valence electrons. The second-order valence-corrected chi connectivity index (χ2v) is 9.43. The van der Waals surface area contributed by atoms with Crippen LogP contribution in [0, 0.1) is 20.8 Å². The first kappa shape index (κ1) is 21.1. The van der Waals surface area contributed by atoms with Crippen LogP contribution in [0.15, 0.2) is 35.2 Å². The van der Waals surface area contributed by atoms with E-state index in [4.69, 9.17) is 0 Å². The van der Waals surface area contributed by atoms with Gasteiger partial charge in [-0.3, -0.25) is 9.82 Å². The molecule has 0 spiro atoms. The second-order valence-electron chi connectivity index (χ2n) is 7.81. The van der Waals surface area contributed by atoms with Gasteiger partial charge >= 0.3 is 0 Å². The highest BCUT2D eigenvalue weighted by Gasteiger charge is 2.22. The fourth-order valence-corrected chi connectivity index (χ4v) is 5.22. The molecule has 0 bridgehead atoms. The van der Waals surface area contributed by atoms with Crippen molar-refractivity contribution in [3.63, 3.8) is 0 Å². The molecule has 9 nitrogen and oxygen atoms in total. The van der Waals surface area contributed by atoms with Gasteiger partial charge in [0.1, 0.15) is 10.7 Å². The van der Waals surface area contributed by atoms with E-state index < -0.39 is 10.0 Å². The van der Waals surface area contributed by atoms with Gasteiger partial charge in [-0.2, -0.15) is 10.1 Å². The lowest BCUT2D eigenvalue weighted by atomic mass is 10.1. The normalized spacial score (nSPS) is 14.5. The number of aromatic nitrogens is 4. The van der Waals surface area contributed by atoms with Crippen molar-refractivity contribution in [2.24, 2.45) is 0 Å². The Hall–Kier alpha value is -3.14. The topological polar surface area (TPSA) is 116 Å². The van der Waals surface area contributed by atoms with Gasteiger partial charge < -0.3 is 10.2 Å². The van der Waals surface area contributed by atoms with E-state index in [0.29, 0.717) is 23.0 Å². The van der Waals surface area contributed by atoms with Gasteiger partial charge in [-0.05, 0) is 64.3 Å². The molecule has 2 aromatic heterocycles. The summed E-state index contributed by atoms with van der Waals surface area (Å²) in [7, 11) is -3.72. The van der Waals surface area contributed by atoms with Gasteiger partial charge in [0.2, 0.25) is 5.95 Å². The molecule has 3 N–H and O–H groups in total. The Kier molecular flexibility index (Phi) is 5.81. The number of aryl methyl sites for hydroxylation is 3. The number of hydrogen-bond acceptors (Lipinski definition) is 7. The number of benzene rings is 1. The number of nitrogens with one attached hydrogen (secondary N) is 3. The maximum atomic E-state index is 12.7. The summed E-state index contributed by atoms with van der Waals surface area (Å²) in [4.78, 5) is 11.6. The average molecular weight is 442 g/mol. The van der Waals surface area contributed by atoms with Crippen LogP contribution in [0.2, 0.25) is 0 Å². The summed E-state index contributed by atoms with van der Waals surface area (Å²) in [5, 5.41) is 9.88. The fraction of sp³-hybridized carbons (Fsp3) is 0.381. The molecule has 0 unspecified atom stereocenters. The number of nitrogens with zero attached hydrogens (tertiary/aromatic N) is 4. The number of H-pyrrole nitrogens is 1. The van der Waals surface area contributed by atoms with Crippen LogP contribution in [0.1, 0.15) is 36.3 Å². The quantitative estimate of drug-likeness (QED) is 0.534. The third-order valence-corrected chi connectivity index (χ3v) is 6.89. The molecule has 1 saturated heterocycles. The second kappa shape index (κ2) is 8.54. The predicted octanol–water partition coefficient (Wildman–Crippen LogP) is 3.66. The van der Waals surface area contributed by atoms with E-state index in [1.54, 1.807) is 38.1 Å². The van der Waals surface area contributed by atoms with Crippen molar-refractivity contribution >= 4 is 33.2 Å². The largest absolute Gasteiger partial charge is 0.356 e. The van der Waals surface area contributed by atoms with Crippen molar-refractivity contribution < 1.29 is 8.42 Å². The Balaban J connectivity index is 1.48. The molecule has 3 aromatic rings. The molecule has 4 rings (SSSR count).